The Hall–Kier alpha value is -3.48. The topological polar surface area (TPSA) is 91.0 Å². The second-order valence-corrected chi connectivity index (χ2v) is 5.03. The van der Waals surface area contributed by atoms with Gasteiger partial charge < -0.3 is 9.57 Å². The van der Waals surface area contributed by atoms with Gasteiger partial charge in [0.2, 0.25) is 0 Å². The summed E-state index contributed by atoms with van der Waals surface area (Å²) in [6.07, 6.45) is 3.49. The van der Waals surface area contributed by atoms with Crippen molar-refractivity contribution in [2.24, 2.45) is 5.16 Å². The highest BCUT2D eigenvalue weighted by molar-refractivity contribution is 5.97. The molecule has 0 aliphatic heterocycles. The number of non-ortho nitro benzene ring substituents is 1. The lowest BCUT2D eigenvalue weighted by Gasteiger charge is -2.00. The number of allylic oxidation sites excluding steroid dienone is 1. The summed E-state index contributed by atoms with van der Waals surface area (Å²) in [6.45, 7) is 1.67. The van der Waals surface area contributed by atoms with Gasteiger partial charge in [-0.05, 0) is 36.8 Å². The third kappa shape index (κ3) is 5.28. The molecule has 0 bridgehead atoms. The van der Waals surface area contributed by atoms with Crippen molar-refractivity contribution < 1.29 is 19.3 Å². The van der Waals surface area contributed by atoms with Crippen LogP contribution in [0.2, 0.25) is 0 Å². The van der Waals surface area contributed by atoms with Crippen molar-refractivity contribution in [3.8, 4) is 5.75 Å². The van der Waals surface area contributed by atoms with Gasteiger partial charge in [-0.3, -0.25) is 10.1 Å². The SMILES string of the molecule is COc1ccc(/C=C/C(C)=N/OC(=O)c2cccc([N+](=O)[O-])c2)cc1. The van der Waals surface area contributed by atoms with Crippen molar-refractivity contribution >= 4 is 23.4 Å². The first kappa shape index (κ1) is 17.9. The lowest BCUT2D eigenvalue weighted by molar-refractivity contribution is -0.384. The molecule has 0 amide bonds. The summed E-state index contributed by atoms with van der Waals surface area (Å²) in [6, 6.07) is 12.7. The molecule has 0 spiro atoms. The van der Waals surface area contributed by atoms with Crippen molar-refractivity contribution in [3.63, 3.8) is 0 Å². The van der Waals surface area contributed by atoms with Gasteiger partial charge in [-0.15, -0.1) is 0 Å². The molecule has 0 atom stereocenters. The molecule has 0 heterocycles. The zero-order chi connectivity index (χ0) is 18.2. The average molecular weight is 340 g/mol. The van der Waals surface area contributed by atoms with Crippen LogP contribution in [-0.4, -0.2) is 23.7 Å². The number of rotatable bonds is 6. The number of nitro benzene ring substituents is 1. The minimum Gasteiger partial charge on any atom is -0.497 e. The molecule has 0 fully saturated rings. The second kappa shape index (κ2) is 8.39. The highest BCUT2D eigenvalue weighted by atomic mass is 16.7. The smallest absolute Gasteiger partial charge is 0.365 e. The molecule has 2 rings (SSSR count). The zero-order valence-corrected chi connectivity index (χ0v) is 13.7. The second-order valence-electron chi connectivity index (χ2n) is 5.03. The van der Waals surface area contributed by atoms with Gasteiger partial charge >= 0.3 is 5.97 Å². The van der Waals surface area contributed by atoms with Crippen LogP contribution in [0.5, 0.6) is 5.75 Å². The van der Waals surface area contributed by atoms with Gasteiger partial charge in [-0.2, -0.15) is 0 Å². The third-order valence-corrected chi connectivity index (χ3v) is 3.20. The molecule has 7 nitrogen and oxygen atoms in total. The number of nitro groups is 1. The van der Waals surface area contributed by atoms with Crippen molar-refractivity contribution in [2.45, 2.75) is 6.92 Å². The molecular formula is C18H16N2O5. The molecule has 0 N–H and O–H groups in total. The number of hydrogen-bond acceptors (Lipinski definition) is 6. The van der Waals surface area contributed by atoms with Crippen LogP contribution in [-0.2, 0) is 4.84 Å². The number of carbonyl (C=O) groups is 1. The van der Waals surface area contributed by atoms with E-state index in [2.05, 4.69) is 5.16 Å². The van der Waals surface area contributed by atoms with Gasteiger partial charge in [0.05, 0.1) is 23.3 Å². The van der Waals surface area contributed by atoms with Gasteiger partial charge in [-0.25, -0.2) is 4.79 Å². The van der Waals surface area contributed by atoms with E-state index in [4.69, 9.17) is 9.57 Å². The minimum atomic E-state index is -0.763. The van der Waals surface area contributed by atoms with Crippen molar-refractivity contribution in [1.82, 2.24) is 0 Å². The van der Waals surface area contributed by atoms with E-state index in [0.29, 0.717) is 5.71 Å². The van der Waals surface area contributed by atoms with Gasteiger partial charge in [0.15, 0.2) is 0 Å². The van der Waals surface area contributed by atoms with E-state index in [-0.39, 0.29) is 11.3 Å². The Morgan fingerprint density at radius 1 is 1.20 bits per heavy atom. The standard InChI is InChI=1S/C18H16N2O5/c1-13(6-7-14-8-10-17(24-2)11-9-14)19-25-18(21)15-4-3-5-16(12-15)20(22)23/h3-12H,1-2H3/b7-6+,19-13+. The Bertz CT molecular complexity index is 826. The van der Waals surface area contributed by atoms with Crippen LogP contribution >= 0.6 is 0 Å². The van der Waals surface area contributed by atoms with E-state index in [0.717, 1.165) is 17.4 Å². The van der Waals surface area contributed by atoms with E-state index < -0.39 is 10.9 Å². The van der Waals surface area contributed by atoms with Crippen LogP contribution in [0.3, 0.4) is 0 Å². The maximum atomic E-state index is 11.9. The predicted octanol–water partition coefficient (Wildman–Crippen LogP) is 3.85. The van der Waals surface area contributed by atoms with Crippen LogP contribution in [0, 0.1) is 10.1 Å². The van der Waals surface area contributed by atoms with Crippen molar-refractivity contribution in [2.75, 3.05) is 7.11 Å². The first-order chi connectivity index (χ1) is 12.0. The fraction of sp³-hybridized carbons (Fsp3) is 0.111. The van der Waals surface area contributed by atoms with Crippen LogP contribution in [0.15, 0.2) is 59.8 Å². The Labute approximate surface area is 144 Å². The van der Waals surface area contributed by atoms with E-state index >= 15 is 0 Å². The molecule has 0 aromatic heterocycles. The van der Waals surface area contributed by atoms with E-state index in [1.54, 1.807) is 26.2 Å². The van der Waals surface area contributed by atoms with Gasteiger partial charge in [-0.1, -0.05) is 29.4 Å². The van der Waals surface area contributed by atoms with Crippen molar-refractivity contribution in [1.29, 1.82) is 0 Å². The average Bonchev–Trinajstić information content (AvgIpc) is 2.64. The first-order valence-electron chi connectivity index (χ1n) is 7.32. The first-order valence-corrected chi connectivity index (χ1v) is 7.32. The number of carbonyl (C=O) groups excluding carboxylic acids is 1. The van der Waals surface area contributed by atoms with Gasteiger partial charge in [0.1, 0.15) is 5.75 Å². The largest absolute Gasteiger partial charge is 0.497 e. The Morgan fingerprint density at radius 2 is 1.92 bits per heavy atom. The molecule has 128 valence electrons. The number of methoxy groups -OCH3 is 1. The maximum absolute atomic E-state index is 11.9. The molecule has 25 heavy (non-hydrogen) atoms. The summed E-state index contributed by atoms with van der Waals surface area (Å²) in [5.41, 5.74) is 1.27. The molecule has 0 saturated carbocycles. The van der Waals surface area contributed by atoms with Crippen LogP contribution in [0.1, 0.15) is 22.8 Å². The number of hydrogen-bond donors (Lipinski definition) is 0. The molecule has 0 aliphatic carbocycles. The molecule has 0 unspecified atom stereocenters. The molecule has 7 heteroatoms. The number of oxime groups is 1. The number of benzene rings is 2. The summed E-state index contributed by atoms with van der Waals surface area (Å²) in [5, 5.41) is 14.4. The normalized spacial score (nSPS) is 11.4. The summed E-state index contributed by atoms with van der Waals surface area (Å²) >= 11 is 0. The zero-order valence-electron chi connectivity index (χ0n) is 13.7. The Balaban J connectivity index is 1.99. The monoisotopic (exact) mass is 340 g/mol. The highest BCUT2D eigenvalue weighted by Gasteiger charge is 2.12. The molecule has 0 radical (unpaired) electrons. The maximum Gasteiger partial charge on any atom is 0.365 e. The quantitative estimate of drug-likeness (QED) is 0.345. The van der Waals surface area contributed by atoms with Crippen LogP contribution in [0.4, 0.5) is 5.69 Å². The number of ether oxygens (including phenoxy) is 1. The lowest BCUT2D eigenvalue weighted by atomic mass is 10.2. The number of nitrogens with zero attached hydrogens (tertiary/aromatic N) is 2. The Morgan fingerprint density at radius 3 is 2.56 bits per heavy atom. The van der Waals surface area contributed by atoms with E-state index in [9.17, 15) is 14.9 Å². The van der Waals surface area contributed by atoms with Gasteiger partial charge in [0.25, 0.3) is 5.69 Å². The molecule has 0 aliphatic rings. The summed E-state index contributed by atoms with van der Waals surface area (Å²) in [4.78, 5) is 26.8. The molecular weight excluding hydrogens is 324 g/mol. The van der Waals surface area contributed by atoms with Crippen LogP contribution < -0.4 is 4.74 Å². The molecule has 0 saturated heterocycles. The third-order valence-electron chi connectivity index (χ3n) is 3.20. The summed E-state index contributed by atoms with van der Waals surface area (Å²) in [7, 11) is 1.59. The van der Waals surface area contributed by atoms with Gasteiger partial charge in [0, 0.05) is 12.1 Å². The fourth-order valence-corrected chi connectivity index (χ4v) is 1.87. The van der Waals surface area contributed by atoms with E-state index in [1.165, 1.54) is 18.2 Å². The lowest BCUT2D eigenvalue weighted by Crippen LogP contribution is -2.03. The molecule has 2 aromatic rings. The fourth-order valence-electron chi connectivity index (χ4n) is 1.87. The predicted molar refractivity (Wildman–Crippen MR) is 93.6 cm³/mol. The summed E-state index contributed by atoms with van der Waals surface area (Å²) in [5.74, 6) is -0.00526. The minimum absolute atomic E-state index is 0.0601. The molecule has 2 aromatic carbocycles. The van der Waals surface area contributed by atoms with E-state index in [1.807, 2.05) is 24.3 Å². The summed E-state index contributed by atoms with van der Waals surface area (Å²) < 4.78 is 5.08. The van der Waals surface area contributed by atoms with Crippen molar-refractivity contribution in [3.05, 3.63) is 75.8 Å². The highest BCUT2D eigenvalue weighted by Crippen LogP contribution is 2.14. The Kier molecular flexibility index (Phi) is 6.00. The van der Waals surface area contributed by atoms with Crippen LogP contribution in [0.25, 0.3) is 6.08 Å².